The molecule has 0 bridgehead atoms. The molecule has 1 amide bonds. The molecule has 0 aliphatic carbocycles. The zero-order valence-electron chi connectivity index (χ0n) is 14.4. The van der Waals surface area contributed by atoms with Crippen molar-refractivity contribution in [2.45, 2.75) is 13.8 Å². The number of rotatable bonds is 3. The number of carbonyl (C=O) groups is 1. The largest absolute Gasteiger partial charge is 0.287 e. The quantitative estimate of drug-likeness (QED) is 0.614. The Balaban J connectivity index is 1.83. The summed E-state index contributed by atoms with van der Waals surface area (Å²) in [5.74, 6) is -0.158. The average molecular weight is 349 g/mol. The highest BCUT2D eigenvalue weighted by atomic mass is 32.2. The Morgan fingerprint density at radius 2 is 1.48 bits per heavy atom. The van der Waals surface area contributed by atoms with Gasteiger partial charge >= 0.3 is 0 Å². The van der Waals surface area contributed by atoms with Gasteiger partial charge in [0.15, 0.2) is 5.17 Å². The van der Waals surface area contributed by atoms with Crippen LogP contribution in [0.1, 0.15) is 22.3 Å². The van der Waals surface area contributed by atoms with Gasteiger partial charge in [-0.3, -0.25) is 9.79 Å². The second-order valence-electron chi connectivity index (χ2n) is 5.80. The first-order valence-corrected chi connectivity index (χ1v) is 8.76. The van der Waals surface area contributed by atoms with Crippen LogP contribution >= 0.6 is 11.8 Å². The predicted octanol–water partition coefficient (Wildman–Crippen LogP) is 4.24. The summed E-state index contributed by atoms with van der Waals surface area (Å²) in [4.78, 5) is 17.5. The number of aryl methyl sites for hydroxylation is 2. The monoisotopic (exact) mass is 349 g/mol. The fourth-order valence-electron chi connectivity index (χ4n) is 2.30. The summed E-state index contributed by atoms with van der Waals surface area (Å²) in [7, 11) is 1.67. The highest BCUT2D eigenvalue weighted by molar-refractivity contribution is 8.18. The van der Waals surface area contributed by atoms with Crippen molar-refractivity contribution in [1.82, 2.24) is 5.01 Å². The van der Waals surface area contributed by atoms with Gasteiger partial charge in [0.05, 0.1) is 11.1 Å². The van der Waals surface area contributed by atoms with Crippen LogP contribution in [0.2, 0.25) is 0 Å². The summed E-state index contributed by atoms with van der Waals surface area (Å²) in [5.41, 5.74) is 4.30. The fraction of sp³-hybridized carbons (Fsp3) is 0.150. The molecule has 25 heavy (non-hydrogen) atoms. The van der Waals surface area contributed by atoms with Gasteiger partial charge in [-0.15, -0.1) is 0 Å². The minimum Gasteiger partial charge on any atom is -0.266 e. The maximum atomic E-state index is 12.7. The first-order valence-electron chi connectivity index (χ1n) is 7.95. The minimum atomic E-state index is -0.158. The smallest absolute Gasteiger partial charge is 0.266 e. The van der Waals surface area contributed by atoms with Crippen molar-refractivity contribution >= 4 is 35.1 Å². The number of thioether (sulfide) groups is 1. The van der Waals surface area contributed by atoms with E-state index in [-0.39, 0.29) is 5.91 Å². The van der Waals surface area contributed by atoms with E-state index >= 15 is 0 Å². The molecule has 1 aliphatic rings. The van der Waals surface area contributed by atoms with Crippen LogP contribution in [0.5, 0.6) is 0 Å². The maximum Gasteiger partial charge on any atom is 0.287 e. The normalized spacial score (nSPS) is 18.0. The molecule has 1 heterocycles. The molecule has 1 aliphatic heterocycles. The van der Waals surface area contributed by atoms with Gasteiger partial charge in [0.2, 0.25) is 0 Å². The zero-order chi connectivity index (χ0) is 17.8. The Hall–Kier alpha value is -2.66. The molecule has 5 heteroatoms. The van der Waals surface area contributed by atoms with Gasteiger partial charge < -0.3 is 0 Å². The van der Waals surface area contributed by atoms with Crippen molar-refractivity contribution in [3.8, 4) is 0 Å². The van der Waals surface area contributed by atoms with Gasteiger partial charge in [0.25, 0.3) is 5.91 Å². The molecule has 0 saturated carbocycles. The van der Waals surface area contributed by atoms with Crippen molar-refractivity contribution in [2.24, 2.45) is 10.1 Å². The number of benzene rings is 2. The number of amides is 1. The Labute approximate surface area is 152 Å². The van der Waals surface area contributed by atoms with Crippen molar-refractivity contribution in [1.29, 1.82) is 0 Å². The summed E-state index contributed by atoms with van der Waals surface area (Å²) >= 11 is 1.34. The van der Waals surface area contributed by atoms with E-state index in [0.29, 0.717) is 10.1 Å². The highest BCUT2D eigenvalue weighted by Crippen LogP contribution is 2.32. The van der Waals surface area contributed by atoms with Crippen LogP contribution in [0.3, 0.4) is 0 Å². The van der Waals surface area contributed by atoms with E-state index < -0.39 is 0 Å². The average Bonchev–Trinajstić information content (AvgIpc) is 2.92. The fourth-order valence-corrected chi connectivity index (χ4v) is 3.17. The summed E-state index contributed by atoms with van der Waals surface area (Å²) in [6.45, 7) is 4.07. The van der Waals surface area contributed by atoms with E-state index in [0.717, 1.165) is 11.1 Å². The lowest BCUT2D eigenvalue weighted by Crippen LogP contribution is -2.23. The Bertz CT molecular complexity index is 865. The van der Waals surface area contributed by atoms with E-state index in [4.69, 9.17) is 0 Å². The SMILES string of the molecule is CN=C1S/C(=C\c2ccc(C)cc2)C(=O)N1/N=C/c1ccc(C)cc1. The third-order valence-electron chi connectivity index (χ3n) is 3.75. The Kier molecular flexibility index (Phi) is 5.14. The van der Waals surface area contributed by atoms with E-state index in [1.165, 1.54) is 27.9 Å². The lowest BCUT2D eigenvalue weighted by atomic mass is 10.1. The van der Waals surface area contributed by atoms with Gasteiger partial charge in [0.1, 0.15) is 0 Å². The van der Waals surface area contributed by atoms with Gasteiger partial charge in [-0.2, -0.15) is 10.1 Å². The Morgan fingerprint density at radius 3 is 2.04 bits per heavy atom. The highest BCUT2D eigenvalue weighted by Gasteiger charge is 2.32. The summed E-state index contributed by atoms with van der Waals surface area (Å²) < 4.78 is 0. The standard InChI is InChI=1S/C20H19N3OS/c1-14-4-8-16(9-5-14)12-18-19(24)23(20(21-3)25-18)22-13-17-10-6-15(2)7-11-17/h4-13H,1-3H3/b18-12-,21-20?,22-13+. The molecule has 3 rings (SSSR count). The second-order valence-corrected chi connectivity index (χ2v) is 6.81. The van der Waals surface area contributed by atoms with Gasteiger partial charge in [-0.05, 0) is 42.8 Å². The molecule has 0 N–H and O–H groups in total. The van der Waals surface area contributed by atoms with Crippen molar-refractivity contribution in [3.05, 3.63) is 75.7 Å². The van der Waals surface area contributed by atoms with Crippen LogP contribution in [-0.4, -0.2) is 29.3 Å². The molecule has 2 aromatic rings. The lowest BCUT2D eigenvalue weighted by molar-refractivity contribution is -0.122. The molecule has 4 nitrogen and oxygen atoms in total. The molecule has 0 spiro atoms. The topological polar surface area (TPSA) is 45.0 Å². The molecule has 0 unspecified atom stereocenters. The van der Waals surface area contributed by atoms with E-state index in [1.807, 2.05) is 68.5 Å². The molecule has 0 atom stereocenters. The van der Waals surface area contributed by atoms with Crippen molar-refractivity contribution in [3.63, 3.8) is 0 Å². The van der Waals surface area contributed by atoms with Crippen LogP contribution < -0.4 is 0 Å². The number of amidine groups is 1. The zero-order valence-corrected chi connectivity index (χ0v) is 15.2. The summed E-state index contributed by atoms with van der Waals surface area (Å²) in [6, 6.07) is 16.0. The lowest BCUT2D eigenvalue weighted by Gasteiger charge is -2.07. The molecule has 2 aromatic carbocycles. The molecule has 1 saturated heterocycles. The minimum absolute atomic E-state index is 0.158. The van der Waals surface area contributed by atoms with Gasteiger partial charge in [-0.25, -0.2) is 0 Å². The number of nitrogens with zero attached hydrogens (tertiary/aromatic N) is 3. The van der Waals surface area contributed by atoms with Gasteiger partial charge in [-0.1, -0.05) is 59.7 Å². The number of hydrogen-bond acceptors (Lipinski definition) is 4. The predicted molar refractivity (Wildman–Crippen MR) is 106 cm³/mol. The summed E-state index contributed by atoms with van der Waals surface area (Å²) in [6.07, 6.45) is 3.55. The van der Waals surface area contributed by atoms with Crippen LogP contribution in [0.15, 0.2) is 63.5 Å². The number of aliphatic imine (C=N–C) groups is 1. The molecule has 1 fully saturated rings. The van der Waals surface area contributed by atoms with Crippen LogP contribution in [-0.2, 0) is 4.79 Å². The first-order chi connectivity index (χ1) is 12.1. The maximum absolute atomic E-state index is 12.7. The third kappa shape index (κ3) is 4.06. The molecular formula is C20H19N3OS. The van der Waals surface area contributed by atoms with E-state index in [1.54, 1.807) is 13.3 Å². The van der Waals surface area contributed by atoms with Crippen LogP contribution in [0.4, 0.5) is 0 Å². The van der Waals surface area contributed by atoms with E-state index in [2.05, 4.69) is 10.1 Å². The van der Waals surface area contributed by atoms with Crippen molar-refractivity contribution in [2.75, 3.05) is 7.05 Å². The van der Waals surface area contributed by atoms with Gasteiger partial charge in [0, 0.05) is 7.05 Å². The second kappa shape index (κ2) is 7.49. The number of hydrogen-bond donors (Lipinski definition) is 0. The Morgan fingerprint density at radius 1 is 0.920 bits per heavy atom. The summed E-state index contributed by atoms with van der Waals surface area (Å²) in [5, 5.41) is 6.26. The number of hydrazone groups is 1. The molecule has 0 aromatic heterocycles. The third-order valence-corrected chi connectivity index (χ3v) is 4.80. The van der Waals surface area contributed by atoms with Crippen LogP contribution in [0.25, 0.3) is 6.08 Å². The molecule has 126 valence electrons. The van der Waals surface area contributed by atoms with Crippen molar-refractivity contribution < 1.29 is 4.79 Å². The first kappa shape index (κ1) is 17.2. The molecule has 0 radical (unpaired) electrons. The van der Waals surface area contributed by atoms with Crippen LogP contribution in [0, 0.1) is 13.8 Å². The van der Waals surface area contributed by atoms with E-state index in [9.17, 15) is 4.79 Å². The molecular weight excluding hydrogens is 330 g/mol. The number of carbonyl (C=O) groups excluding carboxylic acids is 1.